The molecule has 0 amide bonds. The molecule has 0 saturated heterocycles. The molecule has 0 nitrogen and oxygen atoms in total. The van der Waals surface area contributed by atoms with E-state index in [1.165, 1.54) is 11.0 Å². The quantitative estimate of drug-likeness (QED) is 0.681. The van der Waals surface area contributed by atoms with E-state index in [2.05, 4.69) is 60.5 Å². The third kappa shape index (κ3) is 2.71. The summed E-state index contributed by atoms with van der Waals surface area (Å²) in [6, 6.07) is 2.28. The van der Waals surface area contributed by atoms with Crippen molar-refractivity contribution in [2.75, 3.05) is 0 Å². The monoisotopic (exact) mass is 202 g/mol. The van der Waals surface area contributed by atoms with Crippen LogP contribution < -0.4 is 0 Å². The zero-order valence-electron chi connectivity index (χ0n) is 11.0. The fraction of sp³-hybridized carbons (Fsp3) is 0.643. The fourth-order valence-corrected chi connectivity index (χ4v) is 2.28. The summed E-state index contributed by atoms with van der Waals surface area (Å²) in [7, 11) is 0. The predicted molar refractivity (Wildman–Crippen MR) is 70.1 cm³/mol. The topological polar surface area (TPSA) is 0 Å². The molecule has 0 aliphatic rings. The zero-order chi connectivity index (χ0) is 11.6. The van der Waals surface area contributed by atoms with Gasteiger partial charge in [0.2, 0.25) is 0 Å². The predicted octanol–water partition coefficient (Wildman–Crippen LogP) is 4.39. The summed E-state index contributed by atoms with van der Waals surface area (Å²) in [4.78, 5) is 0. The Morgan fingerprint density at radius 2 is 1.47 bits per heavy atom. The second-order valence-corrected chi connectivity index (χ2v) is 5.31. The molecule has 0 fully saturated rings. The van der Waals surface area contributed by atoms with E-state index in [1.807, 2.05) is 0 Å². The zero-order valence-corrected chi connectivity index (χ0v) is 11.0. The van der Waals surface area contributed by atoms with Gasteiger partial charge in [0.1, 0.15) is 0 Å². The summed E-state index contributed by atoms with van der Waals surface area (Å²) in [5.74, 6) is 4.08. The summed E-state index contributed by atoms with van der Waals surface area (Å²) < 4.78 is 0. The van der Waals surface area contributed by atoms with Crippen molar-refractivity contribution in [3.8, 4) is 0 Å². The molecule has 1 aromatic rings. The molecule has 0 atom stereocenters. The first-order chi connectivity index (χ1) is 6.95. The van der Waals surface area contributed by atoms with Gasteiger partial charge in [0.15, 0.2) is 0 Å². The number of hydrogen-bond acceptors (Lipinski definition) is 0. The Kier molecular flexibility index (Phi) is 4.13. The molecule has 0 spiro atoms. The SMILES string of the molecule is CC(C)c1bccc(C(C)C)c1C(C)C. The maximum absolute atomic E-state index is 2.30. The Bertz CT molecular complexity index is 298. The molecular formula is C14H23B. The van der Waals surface area contributed by atoms with Crippen LogP contribution in [0.15, 0.2) is 12.0 Å². The Morgan fingerprint density at radius 3 is 1.87 bits per heavy atom. The van der Waals surface area contributed by atoms with Gasteiger partial charge in [-0.25, -0.2) is 0 Å². The van der Waals surface area contributed by atoms with Gasteiger partial charge in [0.05, 0.1) is 0 Å². The van der Waals surface area contributed by atoms with Gasteiger partial charge in [-0.1, -0.05) is 0 Å². The van der Waals surface area contributed by atoms with Gasteiger partial charge >= 0.3 is 94.8 Å². The summed E-state index contributed by atoms with van der Waals surface area (Å²) in [6.45, 7) is 16.0. The van der Waals surface area contributed by atoms with Gasteiger partial charge < -0.3 is 0 Å². The molecule has 1 aromatic heterocycles. The van der Waals surface area contributed by atoms with Crippen molar-refractivity contribution in [1.82, 2.24) is 0 Å². The molecule has 1 heteroatoms. The second-order valence-electron chi connectivity index (χ2n) is 5.31. The van der Waals surface area contributed by atoms with Crippen LogP contribution in [0.3, 0.4) is 0 Å². The van der Waals surface area contributed by atoms with Crippen LogP contribution in [0.5, 0.6) is 0 Å². The van der Waals surface area contributed by atoms with Crippen LogP contribution in [-0.4, -0.2) is 6.91 Å². The molecule has 1 heterocycles. The van der Waals surface area contributed by atoms with Crippen LogP contribution >= 0.6 is 0 Å². The fourth-order valence-electron chi connectivity index (χ4n) is 2.28. The van der Waals surface area contributed by atoms with Gasteiger partial charge in [-0.15, -0.1) is 0 Å². The molecule has 0 radical (unpaired) electrons. The second kappa shape index (κ2) is 4.96. The minimum absolute atomic E-state index is 0.626. The van der Waals surface area contributed by atoms with Gasteiger partial charge in [-0.3, -0.25) is 0 Å². The molecule has 0 N–H and O–H groups in total. The van der Waals surface area contributed by atoms with E-state index in [-0.39, 0.29) is 0 Å². The van der Waals surface area contributed by atoms with Gasteiger partial charge in [-0.2, -0.15) is 0 Å². The van der Waals surface area contributed by atoms with E-state index < -0.39 is 0 Å². The third-order valence-corrected chi connectivity index (χ3v) is 2.99. The number of rotatable bonds is 3. The minimum atomic E-state index is 0.626. The Balaban J connectivity index is 3.35. The Morgan fingerprint density at radius 1 is 0.867 bits per heavy atom. The van der Waals surface area contributed by atoms with E-state index in [0.29, 0.717) is 17.8 Å². The molecule has 0 unspecified atom stereocenters. The summed E-state index contributed by atoms with van der Waals surface area (Å²) in [5, 5.41) is 0. The van der Waals surface area contributed by atoms with Crippen molar-refractivity contribution in [2.45, 2.75) is 59.3 Å². The van der Waals surface area contributed by atoms with Gasteiger partial charge in [0, 0.05) is 0 Å². The molecule has 0 bridgehead atoms. The number of hydrogen-bond donors (Lipinski definition) is 0. The van der Waals surface area contributed by atoms with Crippen molar-refractivity contribution in [2.24, 2.45) is 0 Å². The van der Waals surface area contributed by atoms with Crippen molar-refractivity contribution >= 4 is 6.91 Å². The molecule has 0 saturated carbocycles. The molecular weight excluding hydrogens is 179 g/mol. The summed E-state index contributed by atoms with van der Waals surface area (Å²) >= 11 is 0. The Labute approximate surface area is 95.3 Å². The van der Waals surface area contributed by atoms with E-state index in [0.717, 1.165) is 0 Å². The first-order valence-corrected chi connectivity index (χ1v) is 6.07. The normalized spacial score (nSPS) is 11.5. The van der Waals surface area contributed by atoms with Crippen LogP contribution in [-0.2, 0) is 0 Å². The van der Waals surface area contributed by atoms with Gasteiger partial charge in [0.25, 0.3) is 0 Å². The van der Waals surface area contributed by atoms with Crippen LogP contribution in [0.2, 0.25) is 0 Å². The van der Waals surface area contributed by atoms with E-state index >= 15 is 0 Å². The third-order valence-electron chi connectivity index (χ3n) is 2.99. The molecule has 0 aromatic carbocycles. The average Bonchev–Trinajstić information content (AvgIpc) is 2.16. The standard InChI is InChI=1S/C14H23B/c1-9(2)12-7-8-15-14(11(5)6)13(12)10(3)4/h7-11H,1-6H3. The van der Waals surface area contributed by atoms with Crippen LogP contribution in [0.25, 0.3) is 0 Å². The summed E-state index contributed by atoms with van der Waals surface area (Å²) in [5.41, 5.74) is 4.62. The molecule has 15 heavy (non-hydrogen) atoms. The molecule has 1 rings (SSSR count). The van der Waals surface area contributed by atoms with Crippen molar-refractivity contribution < 1.29 is 0 Å². The van der Waals surface area contributed by atoms with Crippen LogP contribution in [0, 0.1) is 0 Å². The van der Waals surface area contributed by atoms with Crippen molar-refractivity contribution in [3.05, 3.63) is 28.6 Å². The average molecular weight is 202 g/mol. The van der Waals surface area contributed by atoms with E-state index in [4.69, 9.17) is 0 Å². The molecule has 0 aliphatic heterocycles. The molecule has 82 valence electrons. The van der Waals surface area contributed by atoms with Crippen molar-refractivity contribution in [1.29, 1.82) is 0 Å². The van der Waals surface area contributed by atoms with Crippen LogP contribution in [0.4, 0.5) is 0 Å². The Hall–Kier alpha value is -0.585. The van der Waals surface area contributed by atoms with E-state index in [9.17, 15) is 0 Å². The molecule has 0 aliphatic carbocycles. The van der Waals surface area contributed by atoms with Crippen LogP contribution in [0.1, 0.15) is 75.9 Å². The maximum atomic E-state index is 2.30. The summed E-state index contributed by atoms with van der Waals surface area (Å²) in [6.07, 6.45) is 0. The van der Waals surface area contributed by atoms with Gasteiger partial charge in [-0.05, 0) is 0 Å². The first kappa shape index (κ1) is 12.5. The van der Waals surface area contributed by atoms with Crippen molar-refractivity contribution in [3.63, 3.8) is 0 Å². The van der Waals surface area contributed by atoms with E-state index in [1.54, 1.807) is 5.56 Å². The first-order valence-electron chi connectivity index (χ1n) is 6.07.